The lowest BCUT2D eigenvalue weighted by Crippen LogP contribution is -1.96. The summed E-state index contributed by atoms with van der Waals surface area (Å²) in [6.45, 7) is 0. The van der Waals surface area contributed by atoms with E-state index in [-0.39, 0.29) is 0 Å². The van der Waals surface area contributed by atoms with Crippen molar-refractivity contribution < 1.29 is 0 Å². The first-order valence-corrected chi connectivity index (χ1v) is 4.62. The fourth-order valence-electron chi connectivity index (χ4n) is 2.36. The van der Waals surface area contributed by atoms with Gasteiger partial charge in [-0.05, 0) is 43.9 Å². The van der Waals surface area contributed by atoms with Crippen LogP contribution in [0.2, 0.25) is 0 Å². The zero-order valence-corrected chi connectivity index (χ0v) is 6.55. The Morgan fingerprint density at radius 3 is 3.10 bits per heavy atom. The van der Waals surface area contributed by atoms with Gasteiger partial charge in [0, 0.05) is 0 Å². The molecule has 0 aromatic carbocycles. The summed E-state index contributed by atoms with van der Waals surface area (Å²) in [5.41, 5.74) is 0. The average molecular weight is 136 g/mol. The molecule has 0 saturated heterocycles. The second kappa shape index (κ2) is 2.77. The highest BCUT2D eigenvalue weighted by Gasteiger charge is 2.22. The Hall–Kier alpha value is -0.260. The van der Waals surface area contributed by atoms with E-state index < -0.39 is 0 Å². The molecule has 2 bridgehead atoms. The number of hydrogen-bond donors (Lipinski definition) is 0. The van der Waals surface area contributed by atoms with Gasteiger partial charge in [-0.15, -0.1) is 0 Å². The summed E-state index contributed by atoms with van der Waals surface area (Å²) in [5.74, 6) is 2.06. The summed E-state index contributed by atoms with van der Waals surface area (Å²) in [4.78, 5) is 0. The van der Waals surface area contributed by atoms with Crippen molar-refractivity contribution in [3.8, 4) is 0 Å². The molecule has 0 aliphatic heterocycles. The molecule has 1 saturated carbocycles. The zero-order chi connectivity index (χ0) is 6.81. The molecule has 2 aliphatic carbocycles. The Morgan fingerprint density at radius 2 is 2.10 bits per heavy atom. The smallest absolute Gasteiger partial charge is 0.0231 e. The molecule has 0 spiro atoms. The molecular formula is C10H16. The molecule has 1 fully saturated rings. The van der Waals surface area contributed by atoms with Crippen LogP contribution in [0.4, 0.5) is 0 Å². The fourth-order valence-corrected chi connectivity index (χ4v) is 2.36. The average Bonchev–Trinajstić information content (AvgIpc) is 2.30. The van der Waals surface area contributed by atoms with Crippen molar-refractivity contribution >= 4 is 0 Å². The van der Waals surface area contributed by atoms with Crippen molar-refractivity contribution in [2.24, 2.45) is 11.8 Å². The van der Waals surface area contributed by atoms with Crippen LogP contribution >= 0.6 is 0 Å². The Kier molecular flexibility index (Phi) is 1.79. The van der Waals surface area contributed by atoms with Gasteiger partial charge in [-0.3, -0.25) is 0 Å². The Labute approximate surface area is 63.3 Å². The molecule has 0 N–H and O–H groups in total. The third-order valence-electron chi connectivity index (χ3n) is 2.97. The number of hydrogen-bond acceptors (Lipinski definition) is 0. The van der Waals surface area contributed by atoms with Crippen LogP contribution in [0, 0.1) is 11.8 Å². The summed E-state index contributed by atoms with van der Waals surface area (Å²) in [6, 6.07) is 0. The van der Waals surface area contributed by atoms with E-state index in [1.807, 2.05) is 0 Å². The van der Waals surface area contributed by atoms with Crippen molar-refractivity contribution in [2.45, 2.75) is 38.5 Å². The highest BCUT2D eigenvalue weighted by atomic mass is 14.3. The largest absolute Gasteiger partial charge is 0.0883 e. The van der Waals surface area contributed by atoms with Gasteiger partial charge < -0.3 is 0 Å². The predicted octanol–water partition coefficient (Wildman–Crippen LogP) is 3.14. The molecule has 0 heteroatoms. The third kappa shape index (κ3) is 1.25. The number of rotatable bonds is 0. The van der Waals surface area contributed by atoms with Gasteiger partial charge in [0.05, 0.1) is 0 Å². The minimum atomic E-state index is 0.963. The van der Waals surface area contributed by atoms with E-state index in [2.05, 4.69) is 12.2 Å². The van der Waals surface area contributed by atoms with E-state index in [0.717, 1.165) is 11.8 Å². The number of allylic oxidation sites excluding steroid dienone is 2. The molecule has 2 rings (SSSR count). The molecule has 0 amide bonds. The third-order valence-corrected chi connectivity index (χ3v) is 2.97. The first-order chi connectivity index (χ1) is 4.95. The lowest BCUT2D eigenvalue weighted by molar-refractivity contribution is 0.468. The van der Waals surface area contributed by atoms with Gasteiger partial charge in [-0.1, -0.05) is 18.6 Å². The highest BCUT2D eigenvalue weighted by molar-refractivity contribution is 4.95. The topological polar surface area (TPSA) is 0 Å². The maximum Gasteiger partial charge on any atom is -0.0231 e. The van der Waals surface area contributed by atoms with Gasteiger partial charge in [0.25, 0.3) is 0 Å². The van der Waals surface area contributed by atoms with Crippen LogP contribution in [0.5, 0.6) is 0 Å². The predicted molar refractivity (Wildman–Crippen MR) is 43.8 cm³/mol. The molecular weight excluding hydrogens is 120 g/mol. The van der Waals surface area contributed by atoms with Gasteiger partial charge in [0.1, 0.15) is 0 Å². The zero-order valence-electron chi connectivity index (χ0n) is 6.55. The van der Waals surface area contributed by atoms with Crippen LogP contribution in [0.3, 0.4) is 0 Å². The Morgan fingerprint density at radius 1 is 1.10 bits per heavy atom. The van der Waals surface area contributed by atoms with E-state index in [9.17, 15) is 0 Å². The molecule has 0 aromatic rings. The van der Waals surface area contributed by atoms with Crippen molar-refractivity contribution in [1.29, 1.82) is 0 Å². The lowest BCUT2D eigenvalue weighted by Gasteiger charge is -2.10. The van der Waals surface area contributed by atoms with E-state index in [0.29, 0.717) is 0 Å². The van der Waals surface area contributed by atoms with Crippen LogP contribution in [-0.4, -0.2) is 0 Å². The molecule has 0 radical (unpaired) electrons. The summed E-state index contributed by atoms with van der Waals surface area (Å²) in [5, 5.41) is 0. The van der Waals surface area contributed by atoms with Gasteiger partial charge in [0.2, 0.25) is 0 Å². The van der Waals surface area contributed by atoms with Crippen molar-refractivity contribution in [2.75, 3.05) is 0 Å². The molecule has 2 aliphatic rings. The maximum absolute atomic E-state index is 2.46. The van der Waals surface area contributed by atoms with E-state index in [1.54, 1.807) is 0 Å². The minimum absolute atomic E-state index is 0.963. The van der Waals surface area contributed by atoms with E-state index in [4.69, 9.17) is 0 Å². The SMILES string of the molecule is C1=C\C2CCC(CCC/1)C2. The molecule has 2 unspecified atom stereocenters. The monoisotopic (exact) mass is 136 g/mol. The van der Waals surface area contributed by atoms with Gasteiger partial charge >= 0.3 is 0 Å². The summed E-state index contributed by atoms with van der Waals surface area (Å²) in [7, 11) is 0. The first kappa shape index (κ1) is 6.45. The van der Waals surface area contributed by atoms with Gasteiger partial charge in [-0.25, -0.2) is 0 Å². The van der Waals surface area contributed by atoms with Crippen LogP contribution in [0.1, 0.15) is 38.5 Å². The molecule has 2 atom stereocenters. The van der Waals surface area contributed by atoms with Crippen LogP contribution in [0.15, 0.2) is 12.2 Å². The molecule has 0 nitrogen and oxygen atoms in total. The van der Waals surface area contributed by atoms with Gasteiger partial charge in [0.15, 0.2) is 0 Å². The van der Waals surface area contributed by atoms with Gasteiger partial charge in [-0.2, -0.15) is 0 Å². The van der Waals surface area contributed by atoms with Crippen LogP contribution in [0.25, 0.3) is 0 Å². The minimum Gasteiger partial charge on any atom is -0.0883 e. The molecule has 10 heavy (non-hydrogen) atoms. The van der Waals surface area contributed by atoms with Crippen molar-refractivity contribution in [1.82, 2.24) is 0 Å². The Balaban J connectivity index is 2.04. The summed E-state index contributed by atoms with van der Waals surface area (Å²) in [6.07, 6.45) is 13.6. The standard InChI is InChI=1S/C10H16/c1-2-4-9-6-7-10(8-9)5-3-1/h2,4,9-10H,1,3,5-8H2/b4-2-. The van der Waals surface area contributed by atoms with Crippen molar-refractivity contribution in [3.63, 3.8) is 0 Å². The normalized spacial score (nSPS) is 42.4. The highest BCUT2D eigenvalue weighted by Crippen LogP contribution is 2.36. The molecule has 56 valence electrons. The second-order valence-corrected chi connectivity index (χ2v) is 3.80. The number of fused-ring (bicyclic) bond motifs is 2. The second-order valence-electron chi connectivity index (χ2n) is 3.80. The Bertz CT molecular complexity index is 135. The lowest BCUT2D eigenvalue weighted by atomic mass is 9.96. The van der Waals surface area contributed by atoms with Crippen molar-refractivity contribution in [3.05, 3.63) is 12.2 Å². The molecule has 0 aromatic heterocycles. The fraction of sp³-hybridized carbons (Fsp3) is 0.800. The summed E-state index contributed by atoms with van der Waals surface area (Å²) < 4.78 is 0. The first-order valence-electron chi connectivity index (χ1n) is 4.62. The summed E-state index contributed by atoms with van der Waals surface area (Å²) >= 11 is 0. The molecule has 0 heterocycles. The maximum atomic E-state index is 2.46. The van der Waals surface area contributed by atoms with E-state index in [1.165, 1.54) is 38.5 Å². The van der Waals surface area contributed by atoms with E-state index >= 15 is 0 Å². The quantitative estimate of drug-likeness (QED) is 0.449. The van der Waals surface area contributed by atoms with Crippen LogP contribution < -0.4 is 0 Å². The van der Waals surface area contributed by atoms with Crippen LogP contribution in [-0.2, 0) is 0 Å².